The summed E-state index contributed by atoms with van der Waals surface area (Å²) in [5, 5.41) is 0. The molecule has 0 aliphatic carbocycles. The van der Waals surface area contributed by atoms with Gasteiger partial charge in [0.15, 0.2) is 0 Å². The van der Waals surface area contributed by atoms with Crippen LogP contribution in [0.1, 0.15) is 19.4 Å². The van der Waals surface area contributed by atoms with Gasteiger partial charge in [-0.3, -0.25) is 0 Å². The molecule has 3 heteroatoms. The fourth-order valence-electron chi connectivity index (χ4n) is 1.10. The van der Waals surface area contributed by atoms with Gasteiger partial charge in [-0.2, -0.15) is 0 Å². The smallest absolute Gasteiger partial charge is 0.417 e. The van der Waals surface area contributed by atoms with Gasteiger partial charge in [-0.05, 0) is 19.9 Å². The summed E-state index contributed by atoms with van der Waals surface area (Å²) in [6.07, 6.45) is 0.108. The topological polar surface area (TPSA) is 35.5 Å². The minimum Gasteiger partial charge on any atom is -0.491 e. The molecule has 0 unspecified atom stereocenters. The number of carbonyl (C=O) groups excluding carboxylic acids is 1. The van der Waals surface area contributed by atoms with Crippen molar-refractivity contribution >= 4 is 6.47 Å². The van der Waals surface area contributed by atoms with Gasteiger partial charge in [-0.15, -0.1) is 0 Å². The van der Waals surface area contributed by atoms with E-state index in [4.69, 9.17) is 4.74 Å². The molecule has 0 spiro atoms. The lowest BCUT2D eigenvalue weighted by Gasteiger charge is -2.13. The molecule has 0 aliphatic rings. The minimum atomic E-state index is 0.108. The van der Waals surface area contributed by atoms with Crippen LogP contribution in [0.25, 0.3) is 0 Å². The molecule has 0 saturated carbocycles. The maximum atomic E-state index is 9.92. The first-order chi connectivity index (χ1) is 6.74. The molecule has 0 N–H and O–H groups in total. The summed E-state index contributed by atoms with van der Waals surface area (Å²) in [5.41, 5.74) is 0.851. The highest BCUT2D eigenvalue weighted by Crippen LogP contribution is 2.19. The molecule has 0 aromatic heterocycles. The van der Waals surface area contributed by atoms with Crippen LogP contribution in [-0.4, -0.2) is 12.6 Å². The summed E-state index contributed by atoms with van der Waals surface area (Å²) < 4.78 is 10.1. The van der Waals surface area contributed by atoms with Crippen LogP contribution in [0.5, 0.6) is 5.75 Å². The largest absolute Gasteiger partial charge is 0.491 e. The molecule has 0 aliphatic heterocycles. The van der Waals surface area contributed by atoms with Crippen LogP contribution in [0.4, 0.5) is 0 Å². The number of hydrogen-bond donors (Lipinski definition) is 0. The molecule has 1 rings (SSSR count). The zero-order chi connectivity index (χ0) is 10.4. The predicted molar refractivity (Wildman–Crippen MR) is 52.7 cm³/mol. The first-order valence-electron chi connectivity index (χ1n) is 4.47. The molecule has 0 saturated heterocycles. The Labute approximate surface area is 83.6 Å². The summed E-state index contributed by atoms with van der Waals surface area (Å²) in [4.78, 5) is 9.92. The number of hydrogen-bond acceptors (Lipinski definition) is 3. The van der Waals surface area contributed by atoms with Gasteiger partial charge in [0, 0.05) is 5.56 Å². The molecule has 1 aromatic carbocycles. The lowest BCUT2D eigenvalue weighted by atomic mass is 10.2. The first kappa shape index (κ1) is 10.6. The van der Waals surface area contributed by atoms with E-state index in [9.17, 15) is 4.79 Å². The zero-order valence-electron chi connectivity index (χ0n) is 8.32. The molecule has 3 nitrogen and oxygen atoms in total. The summed E-state index contributed by atoms with van der Waals surface area (Å²) in [6, 6.07) is 7.46. The highest BCUT2D eigenvalue weighted by atomic mass is 16.5. The second-order valence-electron chi connectivity index (χ2n) is 3.15. The van der Waals surface area contributed by atoms with Crippen molar-refractivity contribution in [3.8, 4) is 5.75 Å². The second kappa shape index (κ2) is 5.27. The second-order valence-corrected chi connectivity index (χ2v) is 3.15. The molecule has 0 atom stereocenters. The van der Waals surface area contributed by atoms with Gasteiger partial charge in [0.2, 0.25) is 0 Å². The van der Waals surface area contributed by atoms with E-state index in [2.05, 4.69) is 4.74 Å². The average Bonchev–Trinajstić information content (AvgIpc) is 2.16. The Kier molecular flexibility index (Phi) is 3.98. The van der Waals surface area contributed by atoms with Gasteiger partial charge in [-0.1, -0.05) is 18.2 Å². The van der Waals surface area contributed by atoms with Gasteiger partial charge in [0.25, 0.3) is 0 Å². The van der Waals surface area contributed by atoms with E-state index in [-0.39, 0.29) is 12.7 Å². The van der Waals surface area contributed by atoms with Crippen LogP contribution >= 0.6 is 0 Å². The Morgan fingerprint density at radius 1 is 1.36 bits per heavy atom. The molecule has 75 valence electrons. The van der Waals surface area contributed by atoms with Crippen molar-refractivity contribution in [3.63, 3.8) is 0 Å². The van der Waals surface area contributed by atoms with Crippen LogP contribution in [0.2, 0.25) is 0 Å². The Morgan fingerprint density at radius 3 is 2.71 bits per heavy atom. The fourth-order valence-corrected chi connectivity index (χ4v) is 1.10. The molecule has 0 bridgehead atoms. The molecule has 0 heterocycles. The lowest BCUT2D eigenvalue weighted by molar-refractivity contribution is 0.224. The van der Waals surface area contributed by atoms with Gasteiger partial charge in [0.1, 0.15) is 12.4 Å². The van der Waals surface area contributed by atoms with Crippen molar-refractivity contribution in [2.24, 2.45) is 0 Å². The van der Waals surface area contributed by atoms with Crippen molar-refractivity contribution in [1.29, 1.82) is 0 Å². The highest BCUT2D eigenvalue weighted by Gasteiger charge is 2.04. The summed E-state index contributed by atoms with van der Waals surface area (Å²) in [5.74, 6) is 0.748. The monoisotopic (exact) mass is 193 g/mol. The number of rotatable bonds is 5. The van der Waals surface area contributed by atoms with E-state index in [1.54, 1.807) is 0 Å². The van der Waals surface area contributed by atoms with Crippen LogP contribution in [0, 0.1) is 0 Å². The Hall–Kier alpha value is -1.51. The van der Waals surface area contributed by atoms with Crippen LogP contribution in [0.15, 0.2) is 24.3 Å². The zero-order valence-corrected chi connectivity index (χ0v) is 8.32. The normalized spacial score (nSPS) is 9.93. The van der Waals surface area contributed by atoms with E-state index >= 15 is 0 Å². The quantitative estimate of drug-likeness (QED) is 0.718. The first-order valence-corrected chi connectivity index (χ1v) is 4.47. The van der Waals surface area contributed by atoms with E-state index in [1.165, 1.54) is 6.47 Å². The standard InChI is InChI=1S/C11H13O3/c1-9(2)14-11-6-4-3-5-10(11)7-13-8-12/h3-6,9H,7H2,1-2H3. The predicted octanol–water partition coefficient (Wildman–Crippen LogP) is 2.06. The maximum absolute atomic E-state index is 9.92. The van der Waals surface area contributed by atoms with Gasteiger partial charge >= 0.3 is 6.47 Å². The third-order valence-corrected chi connectivity index (χ3v) is 1.62. The lowest BCUT2D eigenvalue weighted by Crippen LogP contribution is -2.07. The third kappa shape index (κ3) is 3.09. The van der Waals surface area contributed by atoms with Crippen molar-refractivity contribution in [2.75, 3.05) is 0 Å². The summed E-state index contributed by atoms with van der Waals surface area (Å²) in [7, 11) is 0. The van der Waals surface area contributed by atoms with Crippen LogP contribution < -0.4 is 4.74 Å². The van der Waals surface area contributed by atoms with Crippen LogP contribution in [-0.2, 0) is 16.1 Å². The van der Waals surface area contributed by atoms with E-state index in [1.807, 2.05) is 38.1 Å². The Morgan fingerprint density at radius 2 is 2.07 bits per heavy atom. The third-order valence-electron chi connectivity index (χ3n) is 1.62. The molecule has 14 heavy (non-hydrogen) atoms. The van der Waals surface area contributed by atoms with E-state index < -0.39 is 0 Å². The van der Waals surface area contributed by atoms with Crippen molar-refractivity contribution in [1.82, 2.24) is 0 Å². The van der Waals surface area contributed by atoms with E-state index in [0.717, 1.165) is 11.3 Å². The van der Waals surface area contributed by atoms with Crippen molar-refractivity contribution < 1.29 is 14.3 Å². The molecule has 0 amide bonds. The summed E-state index contributed by atoms with van der Waals surface area (Å²) >= 11 is 0. The highest BCUT2D eigenvalue weighted by molar-refractivity contribution is 5.40. The molecular formula is C11H13O3. The van der Waals surface area contributed by atoms with Gasteiger partial charge < -0.3 is 9.47 Å². The van der Waals surface area contributed by atoms with Crippen LogP contribution in [0.3, 0.4) is 0 Å². The number of para-hydroxylation sites is 1. The number of benzene rings is 1. The average molecular weight is 193 g/mol. The maximum Gasteiger partial charge on any atom is 0.417 e. The molecular weight excluding hydrogens is 180 g/mol. The van der Waals surface area contributed by atoms with Crippen molar-refractivity contribution in [3.05, 3.63) is 29.8 Å². The molecule has 0 fully saturated rings. The SMILES string of the molecule is CC(C)Oc1ccccc1CO[C]=O. The summed E-state index contributed by atoms with van der Waals surface area (Å²) in [6.45, 7) is 5.49. The van der Waals surface area contributed by atoms with Gasteiger partial charge in [-0.25, -0.2) is 4.79 Å². The fraction of sp³-hybridized carbons (Fsp3) is 0.364. The molecule has 1 aromatic rings. The van der Waals surface area contributed by atoms with Gasteiger partial charge in [0.05, 0.1) is 6.10 Å². The number of ether oxygens (including phenoxy) is 2. The molecule has 1 radical (unpaired) electrons. The van der Waals surface area contributed by atoms with Crippen molar-refractivity contribution in [2.45, 2.75) is 26.6 Å². The Balaban J connectivity index is 2.74. The van der Waals surface area contributed by atoms with E-state index in [0.29, 0.717) is 0 Å². The minimum absolute atomic E-state index is 0.108. The Bertz CT molecular complexity index is 294.